The SMILES string of the molecule is C=C(C)C1CCC2C3CCC4=CC(=O)CCC4(C)C3C(=O)CC12C. The van der Waals surface area contributed by atoms with Gasteiger partial charge in [-0.2, -0.15) is 0 Å². The summed E-state index contributed by atoms with van der Waals surface area (Å²) in [4.78, 5) is 25.2. The summed E-state index contributed by atoms with van der Waals surface area (Å²) < 4.78 is 0. The number of fused-ring (bicyclic) bond motifs is 5. The third-order valence-corrected chi connectivity index (χ3v) is 8.24. The lowest BCUT2D eigenvalue weighted by atomic mass is 9.46. The van der Waals surface area contributed by atoms with Crippen molar-refractivity contribution in [2.24, 2.45) is 34.5 Å². The third kappa shape index (κ3) is 2.01. The lowest BCUT2D eigenvalue weighted by Crippen LogP contribution is -2.54. The molecule has 0 spiro atoms. The van der Waals surface area contributed by atoms with Crippen molar-refractivity contribution in [2.75, 3.05) is 0 Å². The van der Waals surface area contributed by atoms with Gasteiger partial charge in [-0.1, -0.05) is 31.6 Å². The Bertz CT molecular complexity index is 657. The molecule has 0 bridgehead atoms. The second kappa shape index (κ2) is 5.16. The zero-order valence-corrected chi connectivity index (χ0v) is 15.4. The predicted molar refractivity (Wildman–Crippen MR) is 95.4 cm³/mol. The Balaban J connectivity index is 1.74. The number of ketones is 2. The fraction of sp³-hybridized carbons (Fsp3) is 0.727. The second-order valence-electron chi connectivity index (χ2n) is 9.47. The molecule has 4 aliphatic carbocycles. The maximum Gasteiger partial charge on any atom is 0.155 e. The average Bonchev–Trinajstić information content (AvgIpc) is 2.84. The second-order valence-corrected chi connectivity index (χ2v) is 9.47. The predicted octanol–water partition coefficient (Wildman–Crippen LogP) is 4.89. The number of carbonyl (C=O) groups is 2. The van der Waals surface area contributed by atoms with Gasteiger partial charge in [-0.15, -0.1) is 0 Å². The van der Waals surface area contributed by atoms with E-state index in [1.165, 1.54) is 24.0 Å². The maximum absolute atomic E-state index is 13.3. The van der Waals surface area contributed by atoms with Crippen LogP contribution in [0.3, 0.4) is 0 Å². The molecule has 130 valence electrons. The van der Waals surface area contributed by atoms with Gasteiger partial charge in [0.1, 0.15) is 5.78 Å². The van der Waals surface area contributed by atoms with Gasteiger partial charge in [0.25, 0.3) is 0 Å². The van der Waals surface area contributed by atoms with Crippen LogP contribution < -0.4 is 0 Å². The summed E-state index contributed by atoms with van der Waals surface area (Å²) >= 11 is 0. The van der Waals surface area contributed by atoms with Crippen molar-refractivity contribution in [2.45, 2.75) is 65.7 Å². The fourth-order valence-electron chi connectivity index (χ4n) is 7.19. The summed E-state index contributed by atoms with van der Waals surface area (Å²) in [6.07, 6.45) is 8.64. The van der Waals surface area contributed by atoms with Crippen LogP contribution in [0.2, 0.25) is 0 Å². The van der Waals surface area contributed by atoms with Crippen LogP contribution in [0.5, 0.6) is 0 Å². The summed E-state index contributed by atoms with van der Waals surface area (Å²) in [6.45, 7) is 11.0. The van der Waals surface area contributed by atoms with Gasteiger partial charge in [0.15, 0.2) is 5.78 Å². The molecular formula is C22H30O2. The zero-order valence-electron chi connectivity index (χ0n) is 15.4. The standard InChI is InChI=1S/C22H30O2/c1-13(2)17-7-8-18-16-6-5-14-11-15(23)9-10-21(14,3)20(16)19(24)12-22(17,18)4/h11,16-18,20H,1,5-10,12H2,2-4H3. The minimum Gasteiger partial charge on any atom is -0.299 e. The molecule has 0 saturated heterocycles. The third-order valence-electron chi connectivity index (χ3n) is 8.24. The Labute approximate surface area is 145 Å². The van der Waals surface area contributed by atoms with Gasteiger partial charge in [-0.05, 0) is 73.7 Å². The number of carbonyl (C=O) groups excluding carboxylic acids is 2. The van der Waals surface area contributed by atoms with Crippen LogP contribution in [0.1, 0.15) is 65.7 Å². The van der Waals surface area contributed by atoms with E-state index >= 15 is 0 Å². The molecule has 24 heavy (non-hydrogen) atoms. The van der Waals surface area contributed by atoms with Crippen molar-refractivity contribution in [1.82, 2.24) is 0 Å². The summed E-state index contributed by atoms with van der Waals surface area (Å²) in [6, 6.07) is 0. The van der Waals surface area contributed by atoms with E-state index in [9.17, 15) is 9.59 Å². The number of rotatable bonds is 1. The molecule has 0 aromatic heterocycles. The van der Waals surface area contributed by atoms with Gasteiger partial charge in [-0.3, -0.25) is 9.59 Å². The quantitative estimate of drug-likeness (QED) is 0.643. The highest BCUT2D eigenvalue weighted by atomic mass is 16.1. The molecule has 0 aromatic rings. The topological polar surface area (TPSA) is 34.1 Å². The minimum absolute atomic E-state index is 0.0590. The number of Topliss-reactive ketones (excluding diaryl/α,β-unsaturated/α-hetero) is 1. The molecule has 3 saturated carbocycles. The van der Waals surface area contributed by atoms with Crippen molar-refractivity contribution in [1.29, 1.82) is 0 Å². The monoisotopic (exact) mass is 326 g/mol. The Morgan fingerprint density at radius 3 is 2.62 bits per heavy atom. The Hall–Kier alpha value is -1.18. The van der Waals surface area contributed by atoms with Crippen LogP contribution in [-0.2, 0) is 9.59 Å². The first-order valence-electron chi connectivity index (χ1n) is 9.69. The molecule has 0 heterocycles. The van der Waals surface area contributed by atoms with Gasteiger partial charge < -0.3 is 0 Å². The maximum atomic E-state index is 13.3. The van der Waals surface area contributed by atoms with E-state index in [2.05, 4.69) is 27.4 Å². The van der Waals surface area contributed by atoms with Gasteiger partial charge in [0.05, 0.1) is 0 Å². The minimum atomic E-state index is -0.0590. The Morgan fingerprint density at radius 1 is 1.17 bits per heavy atom. The molecular weight excluding hydrogens is 296 g/mol. The lowest BCUT2D eigenvalue weighted by Gasteiger charge is -2.57. The molecule has 4 aliphatic rings. The molecule has 4 rings (SSSR count). The van der Waals surface area contributed by atoms with Crippen molar-refractivity contribution in [3.63, 3.8) is 0 Å². The summed E-state index contributed by atoms with van der Waals surface area (Å²) in [7, 11) is 0. The smallest absolute Gasteiger partial charge is 0.155 e. The van der Waals surface area contributed by atoms with E-state index in [0.29, 0.717) is 36.4 Å². The molecule has 6 atom stereocenters. The van der Waals surface area contributed by atoms with Crippen LogP contribution in [0.15, 0.2) is 23.8 Å². The highest BCUT2D eigenvalue weighted by Crippen LogP contribution is 2.66. The average molecular weight is 326 g/mol. The van der Waals surface area contributed by atoms with Crippen molar-refractivity contribution in [3.05, 3.63) is 23.8 Å². The normalized spacial score (nSPS) is 47.5. The van der Waals surface area contributed by atoms with Crippen molar-refractivity contribution in [3.8, 4) is 0 Å². The number of hydrogen-bond donors (Lipinski definition) is 0. The van der Waals surface area contributed by atoms with Crippen LogP contribution >= 0.6 is 0 Å². The molecule has 3 fully saturated rings. The first-order chi connectivity index (χ1) is 11.3. The molecule has 0 radical (unpaired) electrons. The van der Waals surface area contributed by atoms with E-state index in [1.807, 2.05) is 6.08 Å². The molecule has 0 aliphatic heterocycles. The van der Waals surface area contributed by atoms with E-state index in [4.69, 9.17) is 0 Å². The van der Waals surface area contributed by atoms with Gasteiger partial charge in [0.2, 0.25) is 0 Å². The Kier molecular flexibility index (Phi) is 3.50. The van der Waals surface area contributed by atoms with Crippen LogP contribution in [0, 0.1) is 34.5 Å². The van der Waals surface area contributed by atoms with E-state index in [-0.39, 0.29) is 22.5 Å². The zero-order chi connectivity index (χ0) is 17.3. The van der Waals surface area contributed by atoms with Crippen LogP contribution in [0.4, 0.5) is 0 Å². The number of hydrogen-bond acceptors (Lipinski definition) is 2. The molecule has 2 nitrogen and oxygen atoms in total. The van der Waals surface area contributed by atoms with E-state index < -0.39 is 0 Å². The van der Waals surface area contributed by atoms with Crippen LogP contribution in [0.25, 0.3) is 0 Å². The van der Waals surface area contributed by atoms with Crippen LogP contribution in [-0.4, -0.2) is 11.6 Å². The first kappa shape index (κ1) is 16.3. The Morgan fingerprint density at radius 2 is 1.92 bits per heavy atom. The summed E-state index contributed by atoms with van der Waals surface area (Å²) in [5.74, 6) is 2.54. The van der Waals surface area contributed by atoms with E-state index in [0.717, 1.165) is 19.3 Å². The van der Waals surface area contributed by atoms with Gasteiger partial charge >= 0.3 is 0 Å². The first-order valence-corrected chi connectivity index (χ1v) is 9.69. The molecule has 0 amide bonds. The van der Waals surface area contributed by atoms with Gasteiger partial charge in [-0.25, -0.2) is 0 Å². The highest BCUT2D eigenvalue weighted by molar-refractivity contribution is 5.93. The largest absolute Gasteiger partial charge is 0.299 e. The summed E-state index contributed by atoms with van der Waals surface area (Å²) in [5, 5.41) is 0. The van der Waals surface area contributed by atoms with Gasteiger partial charge in [0, 0.05) is 18.8 Å². The molecule has 0 aromatic carbocycles. The van der Waals surface area contributed by atoms with Crippen molar-refractivity contribution >= 4 is 11.6 Å². The summed E-state index contributed by atoms with van der Waals surface area (Å²) in [5.41, 5.74) is 2.59. The molecule has 6 unspecified atom stereocenters. The number of allylic oxidation sites excluding steroid dienone is 2. The molecule has 2 heteroatoms. The lowest BCUT2D eigenvalue weighted by molar-refractivity contribution is -0.145. The fourth-order valence-corrected chi connectivity index (χ4v) is 7.19. The van der Waals surface area contributed by atoms with Crippen molar-refractivity contribution < 1.29 is 9.59 Å². The molecule has 0 N–H and O–H groups in total. The highest BCUT2D eigenvalue weighted by Gasteiger charge is 2.62. The van der Waals surface area contributed by atoms with E-state index in [1.54, 1.807) is 0 Å².